The molecule has 0 amide bonds. The summed E-state index contributed by atoms with van der Waals surface area (Å²) in [7, 11) is 0. The lowest BCUT2D eigenvalue weighted by Gasteiger charge is -2.17. The molecule has 0 fully saturated rings. The number of hydrogen-bond donors (Lipinski definition) is 0. The van der Waals surface area contributed by atoms with Crippen LogP contribution < -0.4 is 0 Å². The lowest BCUT2D eigenvalue weighted by Crippen LogP contribution is -2.11. The third kappa shape index (κ3) is 3.73. The van der Waals surface area contributed by atoms with Crippen LogP contribution in [0, 0.1) is 11.2 Å². The van der Waals surface area contributed by atoms with Gasteiger partial charge in [-0.25, -0.2) is 4.39 Å². The van der Waals surface area contributed by atoms with Crippen LogP contribution >= 0.6 is 0 Å². The summed E-state index contributed by atoms with van der Waals surface area (Å²) in [6.45, 7) is 6.66. The Kier molecular flexibility index (Phi) is 4.12. The van der Waals surface area contributed by atoms with E-state index in [0.717, 1.165) is 29.7 Å². The SMILES string of the molecule is CC(C)(C)CC1=NC(c2ccc(F)cc2)=C(c2ccncc2)C1. The molecular weight excluding hydrogens is 287 g/mol. The topological polar surface area (TPSA) is 25.2 Å². The molecule has 0 N–H and O–H groups in total. The Morgan fingerprint density at radius 3 is 2.22 bits per heavy atom. The Morgan fingerprint density at radius 1 is 0.957 bits per heavy atom. The number of halogens is 1. The van der Waals surface area contributed by atoms with E-state index in [0.29, 0.717) is 0 Å². The molecule has 1 aromatic carbocycles. The number of rotatable bonds is 3. The van der Waals surface area contributed by atoms with Crippen LogP contribution in [0.15, 0.2) is 53.8 Å². The van der Waals surface area contributed by atoms with Crippen molar-refractivity contribution in [2.24, 2.45) is 10.4 Å². The molecule has 23 heavy (non-hydrogen) atoms. The van der Waals surface area contributed by atoms with Gasteiger partial charge in [0, 0.05) is 30.1 Å². The van der Waals surface area contributed by atoms with Crippen molar-refractivity contribution in [2.45, 2.75) is 33.6 Å². The zero-order valence-corrected chi connectivity index (χ0v) is 13.8. The fraction of sp³-hybridized carbons (Fsp3) is 0.300. The van der Waals surface area contributed by atoms with Crippen molar-refractivity contribution in [2.75, 3.05) is 0 Å². The van der Waals surface area contributed by atoms with E-state index in [-0.39, 0.29) is 11.2 Å². The Hall–Kier alpha value is -2.29. The number of benzene rings is 1. The smallest absolute Gasteiger partial charge is 0.123 e. The van der Waals surface area contributed by atoms with Crippen LogP contribution in [-0.2, 0) is 0 Å². The first kappa shape index (κ1) is 15.6. The van der Waals surface area contributed by atoms with E-state index in [4.69, 9.17) is 4.99 Å². The summed E-state index contributed by atoms with van der Waals surface area (Å²) in [5.41, 5.74) is 5.62. The molecule has 2 aromatic rings. The molecule has 118 valence electrons. The Balaban J connectivity index is 2.02. The highest BCUT2D eigenvalue weighted by Crippen LogP contribution is 2.38. The van der Waals surface area contributed by atoms with Crippen molar-refractivity contribution in [3.63, 3.8) is 0 Å². The number of allylic oxidation sites excluding steroid dienone is 1. The highest BCUT2D eigenvalue weighted by molar-refractivity contribution is 6.10. The molecule has 0 radical (unpaired) electrons. The van der Waals surface area contributed by atoms with Crippen molar-refractivity contribution in [1.82, 2.24) is 4.98 Å². The zero-order chi connectivity index (χ0) is 16.4. The van der Waals surface area contributed by atoms with Crippen LogP contribution in [0.25, 0.3) is 11.3 Å². The molecule has 0 unspecified atom stereocenters. The third-order valence-corrected chi connectivity index (χ3v) is 3.82. The van der Waals surface area contributed by atoms with Gasteiger partial charge in [0.25, 0.3) is 0 Å². The summed E-state index contributed by atoms with van der Waals surface area (Å²) in [6, 6.07) is 10.6. The summed E-state index contributed by atoms with van der Waals surface area (Å²) >= 11 is 0. The third-order valence-electron chi connectivity index (χ3n) is 3.82. The van der Waals surface area contributed by atoms with Crippen LogP contribution in [0.5, 0.6) is 0 Å². The maximum absolute atomic E-state index is 13.2. The second kappa shape index (κ2) is 6.07. The Morgan fingerprint density at radius 2 is 1.61 bits per heavy atom. The van der Waals surface area contributed by atoms with Gasteiger partial charge < -0.3 is 0 Å². The lowest BCUT2D eigenvalue weighted by atomic mass is 9.87. The van der Waals surface area contributed by atoms with Gasteiger partial charge in [-0.05, 0) is 59.4 Å². The molecule has 0 aliphatic carbocycles. The molecule has 1 aliphatic heterocycles. The molecule has 0 saturated heterocycles. The van der Waals surface area contributed by atoms with Crippen molar-refractivity contribution in [1.29, 1.82) is 0 Å². The van der Waals surface area contributed by atoms with Gasteiger partial charge in [0.1, 0.15) is 5.82 Å². The maximum atomic E-state index is 13.2. The van der Waals surface area contributed by atoms with Crippen molar-refractivity contribution < 1.29 is 4.39 Å². The van der Waals surface area contributed by atoms with Gasteiger partial charge in [-0.3, -0.25) is 9.98 Å². The highest BCUT2D eigenvalue weighted by Gasteiger charge is 2.24. The zero-order valence-electron chi connectivity index (χ0n) is 13.8. The summed E-state index contributed by atoms with van der Waals surface area (Å²) in [4.78, 5) is 8.98. The summed E-state index contributed by atoms with van der Waals surface area (Å²) in [5.74, 6) is -0.225. The monoisotopic (exact) mass is 308 g/mol. The van der Waals surface area contributed by atoms with E-state index in [2.05, 4.69) is 25.8 Å². The fourth-order valence-corrected chi connectivity index (χ4v) is 2.91. The quantitative estimate of drug-likeness (QED) is 0.748. The average Bonchev–Trinajstić information content (AvgIpc) is 2.90. The van der Waals surface area contributed by atoms with E-state index < -0.39 is 0 Å². The average molecular weight is 308 g/mol. The summed E-state index contributed by atoms with van der Waals surface area (Å²) in [5, 5.41) is 0. The largest absolute Gasteiger partial charge is 0.265 e. The van der Waals surface area contributed by atoms with E-state index >= 15 is 0 Å². The Bertz CT molecular complexity index is 750. The predicted molar refractivity (Wildman–Crippen MR) is 93.6 cm³/mol. The van der Waals surface area contributed by atoms with Crippen molar-refractivity contribution in [3.8, 4) is 0 Å². The minimum Gasteiger partial charge on any atom is -0.265 e. The highest BCUT2D eigenvalue weighted by atomic mass is 19.1. The normalized spacial score (nSPS) is 15.0. The van der Waals surface area contributed by atoms with Crippen LogP contribution in [-0.4, -0.2) is 10.7 Å². The molecule has 0 spiro atoms. The van der Waals surface area contributed by atoms with Crippen molar-refractivity contribution in [3.05, 3.63) is 65.7 Å². The Labute approximate surface area is 136 Å². The lowest BCUT2D eigenvalue weighted by molar-refractivity contribution is 0.433. The van der Waals surface area contributed by atoms with E-state index in [9.17, 15) is 4.39 Å². The molecular formula is C20H21FN2. The number of nitrogens with zero attached hydrogens (tertiary/aromatic N) is 2. The first-order valence-corrected chi connectivity index (χ1v) is 7.88. The van der Waals surface area contributed by atoms with Gasteiger partial charge in [0.05, 0.1) is 5.70 Å². The molecule has 0 atom stereocenters. The van der Waals surface area contributed by atoms with Crippen LogP contribution in [0.3, 0.4) is 0 Å². The van der Waals surface area contributed by atoms with Crippen LogP contribution in [0.2, 0.25) is 0 Å². The molecule has 0 bridgehead atoms. The maximum Gasteiger partial charge on any atom is 0.123 e. The number of hydrogen-bond acceptors (Lipinski definition) is 2. The molecule has 3 heteroatoms. The summed E-state index contributed by atoms with van der Waals surface area (Å²) in [6.07, 6.45) is 5.39. The first-order chi connectivity index (χ1) is 10.9. The molecule has 2 heterocycles. The van der Waals surface area contributed by atoms with Gasteiger partial charge in [-0.15, -0.1) is 0 Å². The number of aromatic nitrogens is 1. The van der Waals surface area contributed by atoms with Gasteiger partial charge >= 0.3 is 0 Å². The molecule has 1 aliphatic rings. The van der Waals surface area contributed by atoms with Gasteiger partial charge in [0.2, 0.25) is 0 Å². The van der Waals surface area contributed by atoms with Crippen molar-refractivity contribution >= 4 is 17.0 Å². The molecule has 0 saturated carbocycles. The summed E-state index contributed by atoms with van der Waals surface area (Å²) < 4.78 is 13.2. The minimum atomic E-state index is -0.225. The predicted octanol–water partition coefficient (Wildman–Crippen LogP) is 5.37. The van der Waals surface area contributed by atoms with Crippen LogP contribution in [0.1, 0.15) is 44.7 Å². The van der Waals surface area contributed by atoms with Gasteiger partial charge in [-0.1, -0.05) is 20.8 Å². The standard InChI is InChI=1S/C20H21FN2/c1-20(2,3)13-17-12-18(14-8-10-22-11-9-14)19(23-17)15-4-6-16(21)7-5-15/h4-11H,12-13H2,1-3H3. The molecule has 1 aromatic heterocycles. The molecule has 2 nitrogen and oxygen atoms in total. The first-order valence-electron chi connectivity index (χ1n) is 7.88. The van der Waals surface area contributed by atoms with Gasteiger partial charge in [0.15, 0.2) is 0 Å². The second-order valence-electron chi connectivity index (χ2n) is 7.16. The molecule has 3 rings (SSSR count). The van der Waals surface area contributed by atoms with E-state index in [1.807, 2.05) is 12.1 Å². The fourth-order valence-electron chi connectivity index (χ4n) is 2.91. The van der Waals surface area contributed by atoms with Crippen LogP contribution in [0.4, 0.5) is 4.39 Å². The minimum absolute atomic E-state index is 0.195. The van der Waals surface area contributed by atoms with E-state index in [1.54, 1.807) is 24.5 Å². The second-order valence-corrected chi connectivity index (χ2v) is 7.16. The van der Waals surface area contributed by atoms with Gasteiger partial charge in [-0.2, -0.15) is 0 Å². The number of aliphatic imine (C=N–C) groups is 1. The number of pyridine rings is 1. The van der Waals surface area contributed by atoms with E-state index in [1.165, 1.54) is 23.4 Å².